The van der Waals surface area contributed by atoms with Crippen molar-refractivity contribution in [2.45, 2.75) is 19.4 Å². The third-order valence-corrected chi connectivity index (χ3v) is 3.15. The van der Waals surface area contributed by atoms with E-state index in [4.69, 9.17) is 4.18 Å². The average Bonchev–Trinajstić information content (AvgIpc) is 3.05. The summed E-state index contributed by atoms with van der Waals surface area (Å²) in [6, 6.07) is -0.0283. The van der Waals surface area contributed by atoms with E-state index in [1.54, 1.807) is 0 Å². The van der Waals surface area contributed by atoms with Crippen LogP contribution in [0.25, 0.3) is 0 Å². The molecule has 100 valence electrons. The molecule has 1 amide bonds. The largest absolute Gasteiger partial charge is 0.392 e. The van der Waals surface area contributed by atoms with Crippen molar-refractivity contribution in [3.8, 4) is 0 Å². The summed E-state index contributed by atoms with van der Waals surface area (Å²) in [5, 5.41) is 5.81. The lowest BCUT2D eigenvalue weighted by Gasteiger charge is -2.06. The lowest BCUT2D eigenvalue weighted by Crippen LogP contribution is -2.30. The molecule has 17 heavy (non-hydrogen) atoms. The molecule has 2 unspecified atom stereocenters. The number of carbonyl (C=O) groups excluding carboxylic acids is 1. The highest BCUT2D eigenvalue weighted by atomic mass is 32.2. The fourth-order valence-corrected chi connectivity index (χ4v) is 1.76. The van der Waals surface area contributed by atoms with Gasteiger partial charge in [0.2, 0.25) is 5.91 Å². The molecular weight excluding hydrogens is 258 g/mol. The molecule has 0 spiro atoms. The first-order chi connectivity index (χ1) is 7.69. The van der Waals surface area contributed by atoms with E-state index < -0.39 is 0 Å². The Bertz CT molecular complexity index is 264. The summed E-state index contributed by atoms with van der Waals surface area (Å²) >= 11 is 1.27. The second-order valence-corrected chi connectivity index (χ2v) is 4.34. The molecule has 0 radical (unpaired) electrons. The Morgan fingerprint density at radius 2 is 2.35 bits per heavy atom. The zero-order valence-corrected chi connectivity index (χ0v) is 12.1. The van der Waals surface area contributed by atoms with E-state index >= 15 is 0 Å². The van der Waals surface area contributed by atoms with E-state index in [-0.39, 0.29) is 25.4 Å². The van der Waals surface area contributed by atoms with Crippen molar-refractivity contribution in [1.82, 2.24) is 14.9 Å². The van der Waals surface area contributed by atoms with Crippen molar-refractivity contribution in [1.29, 1.82) is 0 Å². The highest BCUT2D eigenvalue weighted by Gasteiger charge is 2.41. The first-order valence-corrected chi connectivity index (χ1v) is 6.08. The van der Waals surface area contributed by atoms with Crippen molar-refractivity contribution in [3.05, 3.63) is 12.3 Å². The van der Waals surface area contributed by atoms with Gasteiger partial charge in [-0.05, 0) is 6.92 Å². The summed E-state index contributed by atoms with van der Waals surface area (Å²) in [4.78, 5) is 11.6. The summed E-state index contributed by atoms with van der Waals surface area (Å²) in [5.74, 6) is 0.0658. The lowest BCUT2D eigenvalue weighted by atomic mass is 10.3. The molecule has 0 aromatic carbocycles. The molecular formula is C10H21N3O2S2. The van der Waals surface area contributed by atoms with Gasteiger partial charge >= 0.3 is 0 Å². The van der Waals surface area contributed by atoms with E-state index in [0.29, 0.717) is 13.2 Å². The molecule has 1 heterocycles. The Balaban J connectivity index is 0.00000256. The van der Waals surface area contributed by atoms with Gasteiger partial charge in [0, 0.05) is 32.3 Å². The minimum atomic E-state index is -0.0283. The highest BCUT2D eigenvalue weighted by Crippen LogP contribution is 2.28. The van der Waals surface area contributed by atoms with E-state index in [1.807, 2.05) is 18.3 Å². The molecule has 7 heteroatoms. The highest BCUT2D eigenvalue weighted by molar-refractivity contribution is 7.92. The smallest absolute Gasteiger partial charge is 0.239 e. The zero-order valence-electron chi connectivity index (χ0n) is 10.3. The van der Waals surface area contributed by atoms with Crippen molar-refractivity contribution in [3.63, 3.8) is 0 Å². The van der Waals surface area contributed by atoms with Crippen molar-refractivity contribution >= 4 is 31.6 Å². The van der Waals surface area contributed by atoms with Gasteiger partial charge in [0.15, 0.2) is 0 Å². The third-order valence-electron chi connectivity index (χ3n) is 2.22. The van der Waals surface area contributed by atoms with Gasteiger partial charge < -0.3 is 14.8 Å². The SMILES string of the molecule is C=C(CCNC(=O)C1CN1SOCC)NC.S. The quantitative estimate of drug-likeness (QED) is 0.388. The molecule has 0 aromatic rings. The monoisotopic (exact) mass is 279 g/mol. The predicted octanol–water partition coefficient (Wildman–Crippen LogP) is 0.622. The second-order valence-electron chi connectivity index (χ2n) is 3.49. The first-order valence-electron chi connectivity index (χ1n) is 5.38. The zero-order chi connectivity index (χ0) is 12.0. The summed E-state index contributed by atoms with van der Waals surface area (Å²) in [7, 11) is 1.82. The van der Waals surface area contributed by atoms with Crippen molar-refractivity contribution < 1.29 is 8.98 Å². The van der Waals surface area contributed by atoms with Crippen LogP contribution in [0.1, 0.15) is 13.3 Å². The maximum Gasteiger partial charge on any atom is 0.239 e. The molecule has 5 nitrogen and oxygen atoms in total. The maximum absolute atomic E-state index is 11.6. The van der Waals surface area contributed by atoms with Gasteiger partial charge in [0.1, 0.15) is 6.04 Å². The topological polar surface area (TPSA) is 53.4 Å². The molecule has 1 fully saturated rings. The van der Waals surface area contributed by atoms with Crippen LogP contribution in [0, 0.1) is 0 Å². The van der Waals surface area contributed by atoms with Gasteiger partial charge in [-0.3, -0.25) is 4.79 Å². The van der Waals surface area contributed by atoms with E-state index in [1.165, 1.54) is 12.2 Å². The number of nitrogens with zero attached hydrogens (tertiary/aromatic N) is 1. The Morgan fingerprint density at radius 3 is 2.94 bits per heavy atom. The van der Waals surface area contributed by atoms with Crippen LogP contribution in [-0.2, 0) is 8.98 Å². The number of hydrogen-bond donors (Lipinski definition) is 2. The molecule has 1 rings (SSSR count). The van der Waals surface area contributed by atoms with Crippen LogP contribution in [0.4, 0.5) is 0 Å². The van der Waals surface area contributed by atoms with Gasteiger partial charge in [-0.2, -0.15) is 13.5 Å². The van der Waals surface area contributed by atoms with Crippen molar-refractivity contribution in [2.75, 3.05) is 26.7 Å². The standard InChI is InChI=1S/C10H19N3O2S.H2S/c1-4-15-16-13-7-9(13)10(14)12-6-5-8(2)11-3;/h9,11H,2,4-7H2,1,3H3,(H,12,14);1H2. The molecule has 1 aliphatic rings. The van der Waals surface area contributed by atoms with E-state index in [9.17, 15) is 4.79 Å². The van der Waals surface area contributed by atoms with Gasteiger partial charge in [-0.1, -0.05) is 6.58 Å². The Labute approximate surface area is 114 Å². The van der Waals surface area contributed by atoms with Crippen LogP contribution in [0.2, 0.25) is 0 Å². The number of hydrogen-bond acceptors (Lipinski definition) is 5. The summed E-state index contributed by atoms with van der Waals surface area (Å²) in [5.41, 5.74) is 0.927. The Kier molecular flexibility index (Phi) is 8.49. The van der Waals surface area contributed by atoms with Crippen molar-refractivity contribution in [2.24, 2.45) is 0 Å². The summed E-state index contributed by atoms with van der Waals surface area (Å²) < 4.78 is 7.04. The van der Waals surface area contributed by atoms with Gasteiger partial charge in [0.05, 0.1) is 18.8 Å². The maximum atomic E-state index is 11.6. The van der Waals surface area contributed by atoms with E-state index in [2.05, 4.69) is 17.2 Å². The van der Waals surface area contributed by atoms with Crippen LogP contribution in [0.3, 0.4) is 0 Å². The van der Waals surface area contributed by atoms with E-state index in [0.717, 1.165) is 18.7 Å². The summed E-state index contributed by atoms with van der Waals surface area (Å²) in [6.07, 6.45) is 0.758. The van der Waals surface area contributed by atoms with Gasteiger partial charge in [-0.15, -0.1) is 0 Å². The van der Waals surface area contributed by atoms with Gasteiger partial charge in [-0.25, -0.2) is 4.31 Å². The summed E-state index contributed by atoms with van der Waals surface area (Å²) in [6.45, 7) is 7.76. The fourth-order valence-electron chi connectivity index (χ4n) is 1.12. The minimum absolute atomic E-state index is 0. The number of rotatable bonds is 8. The molecule has 0 aliphatic carbocycles. The van der Waals surface area contributed by atoms with Crippen LogP contribution in [0.15, 0.2) is 12.3 Å². The Hall–Kier alpha value is -0.370. The molecule has 1 aliphatic heterocycles. The average molecular weight is 279 g/mol. The number of amides is 1. The molecule has 1 saturated heterocycles. The molecule has 0 saturated carbocycles. The first kappa shape index (κ1) is 16.6. The lowest BCUT2D eigenvalue weighted by molar-refractivity contribution is -0.120. The predicted molar refractivity (Wildman–Crippen MR) is 75.9 cm³/mol. The van der Waals surface area contributed by atoms with Crippen LogP contribution >= 0.6 is 25.7 Å². The normalized spacial score (nSPS) is 21.3. The molecule has 0 bridgehead atoms. The van der Waals surface area contributed by atoms with Crippen LogP contribution in [-0.4, -0.2) is 43.0 Å². The molecule has 2 N–H and O–H groups in total. The third kappa shape index (κ3) is 6.21. The van der Waals surface area contributed by atoms with Gasteiger partial charge in [0.25, 0.3) is 0 Å². The Morgan fingerprint density at radius 1 is 1.65 bits per heavy atom. The second kappa shape index (κ2) is 8.68. The fraction of sp³-hybridized carbons (Fsp3) is 0.700. The number of carbonyl (C=O) groups is 1. The van der Waals surface area contributed by atoms with Crippen LogP contribution in [0.5, 0.6) is 0 Å². The number of nitrogens with one attached hydrogen (secondary N) is 2. The molecule has 2 atom stereocenters. The molecule has 0 aromatic heterocycles. The minimum Gasteiger partial charge on any atom is -0.392 e. The van der Waals surface area contributed by atoms with Crippen LogP contribution < -0.4 is 10.6 Å².